The van der Waals surface area contributed by atoms with E-state index in [-0.39, 0.29) is 24.0 Å². The first-order valence-electron chi connectivity index (χ1n) is 7.72. The quantitative estimate of drug-likeness (QED) is 0.357. The molecule has 4 nitrogen and oxygen atoms in total. The van der Waals surface area contributed by atoms with E-state index in [2.05, 4.69) is 55.1 Å². The van der Waals surface area contributed by atoms with Crippen LogP contribution in [0.2, 0.25) is 0 Å². The van der Waals surface area contributed by atoms with Crippen LogP contribution in [-0.2, 0) is 0 Å². The molecule has 0 saturated heterocycles. The summed E-state index contributed by atoms with van der Waals surface area (Å²) in [4.78, 5) is 6.73. The van der Waals surface area contributed by atoms with Crippen molar-refractivity contribution in [2.24, 2.45) is 10.9 Å². The van der Waals surface area contributed by atoms with E-state index in [1.165, 1.54) is 19.4 Å². The minimum Gasteiger partial charge on any atom is -0.356 e. The van der Waals surface area contributed by atoms with Crippen molar-refractivity contribution in [3.63, 3.8) is 0 Å². The number of aliphatic imine (C=N–C) groups is 1. The number of nitrogens with zero attached hydrogens (tertiary/aromatic N) is 2. The number of hydrogen-bond donors (Lipinski definition) is 2. The van der Waals surface area contributed by atoms with Crippen molar-refractivity contribution in [3.05, 3.63) is 0 Å². The SMILES string of the molecule is CCN(CC)CCCC(C)NC(=NC)NCC(C)C.I. The maximum atomic E-state index is 4.26. The number of guanidine groups is 1. The molecule has 1 unspecified atom stereocenters. The highest BCUT2D eigenvalue weighted by Crippen LogP contribution is 1.99. The highest BCUT2D eigenvalue weighted by atomic mass is 127. The van der Waals surface area contributed by atoms with Crippen molar-refractivity contribution in [1.29, 1.82) is 0 Å². The summed E-state index contributed by atoms with van der Waals surface area (Å²) in [5.74, 6) is 1.56. The molecule has 0 saturated carbocycles. The van der Waals surface area contributed by atoms with E-state index in [1.54, 1.807) is 0 Å². The first-order valence-corrected chi connectivity index (χ1v) is 7.72. The maximum absolute atomic E-state index is 4.26. The zero-order valence-electron chi connectivity index (χ0n) is 14.2. The molecule has 0 aliphatic rings. The van der Waals surface area contributed by atoms with Crippen LogP contribution in [0.25, 0.3) is 0 Å². The summed E-state index contributed by atoms with van der Waals surface area (Å²) < 4.78 is 0. The molecule has 1 atom stereocenters. The molecule has 0 heterocycles. The fraction of sp³-hybridized carbons (Fsp3) is 0.933. The molecule has 0 bridgehead atoms. The van der Waals surface area contributed by atoms with Crippen LogP contribution < -0.4 is 10.6 Å². The van der Waals surface area contributed by atoms with Crippen molar-refractivity contribution in [2.75, 3.05) is 33.2 Å². The van der Waals surface area contributed by atoms with Crippen LogP contribution in [0.15, 0.2) is 4.99 Å². The van der Waals surface area contributed by atoms with E-state index < -0.39 is 0 Å². The number of halogens is 1. The fourth-order valence-electron chi connectivity index (χ4n) is 1.96. The molecule has 122 valence electrons. The van der Waals surface area contributed by atoms with Crippen LogP contribution in [0.4, 0.5) is 0 Å². The van der Waals surface area contributed by atoms with Crippen LogP contribution in [0.3, 0.4) is 0 Å². The average Bonchev–Trinajstić information content (AvgIpc) is 2.39. The van der Waals surface area contributed by atoms with Crippen LogP contribution >= 0.6 is 24.0 Å². The van der Waals surface area contributed by atoms with Gasteiger partial charge in [-0.25, -0.2) is 0 Å². The van der Waals surface area contributed by atoms with E-state index in [9.17, 15) is 0 Å². The second kappa shape index (κ2) is 13.9. The molecular weight excluding hydrogens is 363 g/mol. The summed E-state index contributed by atoms with van der Waals surface area (Å²) in [5, 5.41) is 6.80. The molecule has 0 radical (unpaired) electrons. The third-order valence-corrected chi connectivity index (χ3v) is 3.29. The van der Waals surface area contributed by atoms with Gasteiger partial charge in [0, 0.05) is 19.6 Å². The van der Waals surface area contributed by atoms with E-state index in [0.29, 0.717) is 12.0 Å². The first kappa shape index (κ1) is 22.2. The van der Waals surface area contributed by atoms with Gasteiger partial charge in [0.2, 0.25) is 0 Å². The lowest BCUT2D eigenvalue weighted by Crippen LogP contribution is -2.43. The molecule has 0 amide bonds. The summed E-state index contributed by atoms with van der Waals surface area (Å²) >= 11 is 0. The molecular formula is C15H35IN4. The smallest absolute Gasteiger partial charge is 0.191 e. The van der Waals surface area contributed by atoms with E-state index >= 15 is 0 Å². The number of nitrogens with one attached hydrogen (secondary N) is 2. The molecule has 0 fully saturated rings. The van der Waals surface area contributed by atoms with Gasteiger partial charge >= 0.3 is 0 Å². The second-order valence-electron chi connectivity index (χ2n) is 5.56. The van der Waals surface area contributed by atoms with Crippen molar-refractivity contribution in [1.82, 2.24) is 15.5 Å². The number of rotatable bonds is 9. The Balaban J connectivity index is 0. The van der Waals surface area contributed by atoms with Crippen LogP contribution in [0.1, 0.15) is 47.5 Å². The molecule has 2 N–H and O–H groups in total. The van der Waals surface area contributed by atoms with E-state index in [1.807, 2.05) is 7.05 Å². The monoisotopic (exact) mass is 398 g/mol. The van der Waals surface area contributed by atoms with E-state index in [4.69, 9.17) is 0 Å². The van der Waals surface area contributed by atoms with Crippen molar-refractivity contribution < 1.29 is 0 Å². The maximum Gasteiger partial charge on any atom is 0.191 e. The summed E-state index contributed by atoms with van der Waals surface area (Å²) in [5.41, 5.74) is 0. The molecule has 0 aromatic carbocycles. The van der Waals surface area contributed by atoms with Crippen LogP contribution in [0.5, 0.6) is 0 Å². The Morgan fingerprint density at radius 3 is 2.20 bits per heavy atom. The van der Waals surface area contributed by atoms with Gasteiger partial charge in [0.05, 0.1) is 0 Å². The summed E-state index contributed by atoms with van der Waals surface area (Å²) in [6.45, 7) is 15.5. The third-order valence-electron chi connectivity index (χ3n) is 3.29. The molecule has 0 aliphatic heterocycles. The topological polar surface area (TPSA) is 39.7 Å². The number of hydrogen-bond acceptors (Lipinski definition) is 2. The highest BCUT2D eigenvalue weighted by molar-refractivity contribution is 14.0. The predicted molar refractivity (Wildman–Crippen MR) is 101 cm³/mol. The van der Waals surface area contributed by atoms with E-state index in [0.717, 1.165) is 25.6 Å². The molecule has 0 spiro atoms. The molecule has 0 aliphatic carbocycles. The molecule has 0 rings (SSSR count). The van der Waals surface area contributed by atoms with Gasteiger partial charge in [-0.1, -0.05) is 27.7 Å². The Hall–Kier alpha value is -0.0400. The van der Waals surface area contributed by atoms with Crippen LogP contribution in [-0.4, -0.2) is 50.1 Å². The van der Waals surface area contributed by atoms with Crippen molar-refractivity contribution in [2.45, 2.75) is 53.5 Å². The minimum atomic E-state index is 0. The Morgan fingerprint density at radius 1 is 1.15 bits per heavy atom. The van der Waals surface area contributed by atoms with Crippen molar-refractivity contribution in [3.8, 4) is 0 Å². The Kier molecular flexibility index (Phi) is 15.5. The Morgan fingerprint density at radius 2 is 1.75 bits per heavy atom. The highest BCUT2D eigenvalue weighted by Gasteiger charge is 2.06. The second-order valence-corrected chi connectivity index (χ2v) is 5.56. The lowest BCUT2D eigenvalue weighted by Gasteiger charge is -2.21. The normalized spacial score (nSPS) is 13.3. The van der Waals surface area contributed by atoms with Gasteiger partial charge in [-0.2, -0.15) is 0 Å². The molecule has 0 aromatic heterocycles. The lowest BCUT2D eigenvalue weighted by molar-refractivity contribution is 0.292. The third kappa shape index (κ3) is 11.8. The van der Waals surface area contributed by atoms with Gasteiger partial charge in [-0.05, 0) is 45.3 Å². The lowest BCUT2D eigenvalue weighted by atomic mass is 10.2. The van der Waals surface area contributed by atoms with Gasteiger partial charge in [0.25, 0.3) is 0 Å². The molecule has 0 aromatic rings. The predicted octanol–water partition coefficient (Wildman–Crippen LogP) is 2.94. The molecule has 20 heavy (non-hydrogen) atoms. The Bertz CT molecular complexity index is 240. The van der Waals surface area contributed by atoms with Gasteiger partial charge in [-0.15, -0.1) is 24.0 Å². The zero-order chi connectivity index (χ0) is 14.7. The summed E-state index contributed by atoms with van der Waals surface area (Å²) in [6.07, 6.45) is 2.41. The first-order chi connectivity index (χ1) is 9.03. The average molecular weight is 398 g/mol. The van der Waals surface area contributed by atoms with Gasteiger partial charge < -0.3 is 15.5 Å². The molecule has 5 heteroatoms. The largest absolute Gasteiger partial charge is 0.356 e. The van der Waals surface area contributed by atoms with Gasteiger partial charge in [-0.3, -0.25) is 4.99 Å². The summed E-state index contributed by atoms with van der Waals surface area (Å²) in [7, 11) is 1.83. The van der Waals surface area contributed by atoms with Gasteiger partial charge in [0.15, 0.2) is 5.96 Å². The summed E-state index contributed by atoms with van der Waals surface area (Å²) in [6, 6.07) is 0.467. The minimum absolute atomic E-state index is 0. The van der Waals surface area contributed by atoms with Crippen molar-refractivity contribution >= 4 is 29.9 Å². The Labute approximate surface area is 143 Å². The van der Waals surface area contributed by atoms with Gasteiger partial charge in [0.1, 0.15) is 0 Å². The fourth-order valence-corrected chi connectivity index (χ4v) is 1.96. The van der Waals surface area contributed by atoms with Crippen LogP contribution in [0, 0.1) is 5.92 Å². The standard InChI is InChI=1S/C15H34N4.HI/c1-7-19(8-2)11-9-10-14(5)18-15(16-6)17-12-13(3)4;/h13-14H,7-12H2,1-6H3,(H2,16,17,18);1H. The zero-order valence-corrected chi connectivity index (χ0v) is 16.5.